The van der Waals surface area contributed by atoms with E-state index in [9.17, 15) is 4.79 Å². The normalized spacial score (nSPS) is 11.2. The standard InChI is InChI=1S/C13H16N2O4/c1-4-5-8-11-10(18-13(16)17)6-9(7(2)3)14-12(11)19-15-8/h6-7H,4-5H2,1-3H3,(H,16,17). The molecule has 0 atom stereocenters. The van der Waals surface area contributed by atoms with Crippen molar-refractivity contribution in [1.29, 1.82) is 0 Å². The monoisotopic (exact) mass is 264 g/mol. The lowest BCUT2D eigenvalue weighted by molar-refractivity contribution is 0.145. The molecule has 2 heterocycles. The molecule has 2 aromatic rings. The van der Waals surface area contributed by atoms with Crippen molar-refractivity contribution in [1.82, 2.24) is 10.1 Å². The van der Waals surface area contributed by atoms with Gasteiger partial charge in [-0.1, -0.05) is 32.3 Å². The Kier molecular flexibility index (Phi) is 3.69. The van der Waals surface area contributed by atoms with Crippen molar-refractivity contribution in [3.8, 4) is 5.75 Å². The molecule has 0 spiro atoms. The minimum absolute atomic E-state index is 0.139. The van der Waals surface area contributed by atoms with Crippen LogP contribution >= 0.6 is 0 Å². The van der Waals surface area contributed by atoms with Crippen molar-refractivity contribution in [3.63, 3.8) is 0 Å². The van der Waals surface area contributed by atoms with Crippen LogP contribution in [-0.4, -0.2) is 21.4 Å². The van der Waals surface area contributed by atoms with Gasteiger partial charge in [0.25, 0.3) is 5.71 Å². The van der Waals surface area contributed by atoms with E-state index in [1.165, 1.54) is 0 Å². The first kappa shape index (κ1) is 13.3. The number of fused-ring (bicyclic) bond motifs is 1. The molecule has 19 heavy (non-hydrogen) atoms. The molecule has 0 aliphatic carbocycles. The highest BCUT2D eigenvalue weighted by molar-refractivity contribution is 5.85. The predicted molar refractivity (Wildman–Crippen MR) is 68.5 cm³/mol. The lowest BCUT2D eigenvalue weighted by Crippen LogP contribution is -2.05. The summed E-state index contributed by atoms with van der Waals surface area (Å²) in [6, 6.07) is 1.64. The fourth-order valence-electron chi connectivity index (χ4n) is 1.87. The zero-order valence-electron chi connectivity index (χ0n) is 11.1. The first-order valence-electron chi connectivity index (χ1n) is 6.22. The number of nitrogens with zero attached hydrogens (tertiary/aromatic N) is 2. The van der Waals surface area contributed by atoms with Crippen LogP contribution in [0.3, 0.4) is 0 Å². The van der Waals surface area contributed by atoms with Crippen molar-refractivity contribution in [2.45, 2.75) is 39.5 Å². The molecular weight excluding hydrogens is 248 g/mol. The van der Waals surface area contributed by atoms with Crippen LogP contribution in [0.2, 0.25) is 0 Å². The Bertz CT molecular complexity index is 604. The van der Waals surface area contributed by atoms with Gasteiger partial charge in [-0.2, -0.15) is 0 Å². The van der Waals surface area contributed by atoms with Gasteiger partial charge in [-0.05, 0) is 12.3 Å². The Balaban J connectivity index is 2.62. The van der Waals surface area contributed by atoms with E-state index in [1.54, 1.807) is 6.07 Å². The third kappa shape index (κ3) is 2.67. The van der Waals surface area contributed by atoms with Crippen molar-refractivity contribution in [3.05, 3.63) is 17.5 Å². The fourth-order valence-corrected chi connectivity index (χ4v) is 1.87. The van der Waals surface area contributed by atoms with Crippen molar-refractivity contribution in [2.24, 2.45) is 0 Å². The molecule has 0 aliphatic rings. The first-order valence-corrected chi connectivity index (χ1v) is 6.22. The van der Waals surface area contributed by atoms with E-state index < -0.39 is 6.16 Å². The maximum Gasteiger partial charge on any atom is 0.511 e. The number of rotatable bonds is 4. The lowest BCUT2D eigenvalue weighted by Gasteiger charge is -2.07. The van der Waals surface area contributed by atoms with Gasteiger partial charge in [0.2, 0.25) is 0 Å². The largest absolute Gasteiger partial charge is 0.511 e. The molecule has 6 nitrogen and oxygen atoms in total. The Morgan fingerprint density at radius 1 is 1.53 bits per heavy atom. The zero-order valence-corrected chi connectivity index (χ0v) is 11.1. The highest BCUT2D eigenvalue weighted by Crippen LogP contribution is 2.31. The van der Waals surface area contributed by atoms with E-state index in [0.29, 0.717) is 28.9 Å². The second-order valence-electron chi connectivity index (χ2n) is 4.63. The van der Waals surface area contributed by atoms with Gasteiger partial charge in [0.1, 0.15) is 5.39 Å². The van der Waals surface area contributed by atoms with Crippen LogP contribution in [0.25, 0.3) is 11.1 Å². The Labute approximate surface area is 110 Å². The lowest BCUT2D eigenvalue weighted by atomic mass is 10.1. The molecule has 102 valence electrons. The van der Waals surface area contributed by atoms with Crippen LogP contribution in [0, 0.1) is 0 Å². The van der Waals surface area contributed by atoms with E-state index in [1.807, 2.05) is 20.8 Å². The van der Waals surface area contributed by atoms with Gasteiger partial charge in [0.15, 0.2) is 5.75 Å². The number of ether oxygens (including phenoxy) is 1. The van der Waals surface area contributed by atoms with Crippen LogP contribution in [0.1, 0.15) is 44.5 Å². The summed E-state index contributed by atoms with van der Waals surface area (Å²) in [6.07, 6.45) is 0.206. The molecule has 1 N–H and O–H groups in total. The van der Waals surface area contributed by atoms with Gasteiger partial charge in [0, 0.05) is 6.07 Å². The van der Waals surface area contributed by atoms with Crippen molar-refractivity contribution >= 4 is 17.3 Å². The summed E-state index contributed by atoms with van der Waals surface area (Å²) < 4.78 is 10.0. The molecule has 0 aromatic carbocycles. The van der Waals surface area contributed by atoms with Crippen LogP contribution in [0.5, 0.6) is 5.75 Å². The number of aryl methyl sites for hydroxylation is 1. The summed E-state index contributed by atoms with van der Waals surface area (Å²) in [6.45, 7) is 5.93. The van der Waals surface area contributed by atoms with Gasteiger partial charge in [-0.15, -0.1) is 0 Å². The van der Waals surface area contributed by atoms with E-state index in [2.05, 4.69) is 10.1 Å². The molecule has 0 bridgehead atoms. The van der Waals surface area contributed by atoms with Crippen LogP contribution in [0.4, 0.5) is 4.79 Å². The average Bonchev–Trinajstić information content (AvgIpc) is 2.72. The molecule has 0 fully saturated rings. The summed E-state index contributed by atoms with van der Waals surface area (Å²) in [5, 5.41) is 13.3. The first-order chi connectivity index (χ1) is 9.02. The number of aromatic nitrogens is 2. The molecule has 2 aromatic heterocycles. The molecule has 0 aliphatic heterocycles. The predicted octanol–water partition coefficient (Wildman–Crippen LogP) is 3.36. The van der Waals surface area contributed by atoms with Crippen LogP contribution in [-0.2, 0) is 6.42 Å². The van der Waals surface area contributed by atoms with Gasteiger partial charge in [0.05, 0.1) is 11.4 Å². The van der Waals surface area contributed by atoms with Gasteiger partial charge < -0.3 is 14.4 Å². The zero-order chi connectivity index (χ0) is 14.0. The Morgan fingerprint density at radius 2 is 2.26 bits per heavy atom. The second kappa shape index (κ2) is 5.26. The van der Waals surface area contributed by atoms with E-state index in [4.69, 9.17) is 14.4 Å². The molecule has 0 saturated carbocycles. The molecule has 0 amide bonds. The smallest absolute Gasteiger partial charge is 0.449 e. The Morgan fingerprint density at radius 3 is 2.84 bits per heavy atom. The van der Waals surface area contributed by atoms with Gasteiger partial charge >= 0.3 is 6.16 Å². The molecule has 0 saturated heterocycles. The summed E-state index contributed by atoms with van der Waals surface area (Å²) >= 11 is 0. The molecular formula is C13H16N2O4. The molecule has 0 unspecified atom stereocenters. The van der Waals surface area contributed by atoms with E-state index in [-0.39, 0.29) is 11.7 Å². The third-order valence-corrected chi connectivity index (χ3v) is 2.78. The second-order valence-corrected chi connectivity index (χ2v) is 4.63. The Hall–Kier alpha value is -2.11. The summed E-state index contributed by atoms with van der Waals surface area (Å²) in [5.74, 6) is 0.381. The number of pyridine rings is 1. The minimum atomic E-state index is -1.36. The highest BCUT2D eigenvalue weighted by atomic mass is 16.7. The molecule has 2 rings (SSSR count). The van der Waals surface area contributed by atoms with Crippen molar-refractivity contribution < 1.29 is 19.2 Å². The summed E-state index contributed by atoms with van der Waals surface area (Å²) in [5.41, 5.74) is 1.71. The summed E-state index contributed by atoms with van der Waals surface area (Å²) in [4.78, 5) is 15.1. The maximum absolute atomic E-state index is 10.8. The fraction of sp³-hybridized carbons (Fsp3) is 0.462. The summed E-state index contributed by atoms with van der Waals surface area (Å²) in [7, 11) is 0. The SMILES string of the molecule is CCCc1noc2nc(C(C)C)cc(OC(=O)O)c12. The minimum Gasteiger partial charge on any atom is -0.449 e. The highest BCUT2D eigenvalue weighted by Gasteiger charge is 2.19. The van der Waals surface area contributed by atoms with Crippen molar-refractivity contribution in [2.75, 3.05) is 0 Å². The molecule has 6 heteroatoms. The quantitative estimate of drug-likeness (QED) is 0.852. The van der Waals surface area contributed by atoms with E-state index in [0.717, 1.165) is 6.42 Å². The number of hydrogen-bond acceptors (Lipinski definition) is 5. The third-order valence-electron chi connectivity index (χ3n) is 2.78. The maximum atomic E-state index is 10.8. The number of carbonyl (C=O) groups is 1. The number of carboxylic acid groups (broad SMARTS) is 1. The van der Waals surface area contributed by atoms with Crippen LogP contribution < -0.4 is 4.74 Å². The van der Waals surface area contributed by atoms with Gasteiger partial charge in [-0.25, -0.2) is 9.78 Å². The van der Waals surface area contributed by atoms with Crippen LogP contribution in [0.15, 0.2) is 10.6 Å². The number of hydrogen-bond donors (Lipinski definition) is 1. The topological polar surface area (TPSA) is 85.5 Å². The molecule has 0 radical (unpaired) electrons. The van der Waals surface area contributed by atoms with Gasteiger partial charge in [-0.3, -0.25) is 0 Å². The van der Waals surface area contributed by atoms with E-state index >= 15 is 0 Å². The average molecular weight is 264 g/mol.